The summed E-state index contributed by atoms with van der Waals surface area (Å²) in [5.74, 6) is 0.447. The highest BCUT2D eigenvalue weighted by Crippen LogP contribution is 2.41. The minimum Gasteiger partial charge on any atom is -0.299 e. The van der Waals surface area contributed by atoms with Gasteiger partial charge in [0.2, 0.25) is 0 Å². The second-order valence-electron chi connectivity index (χ2n) is 6.74. The first kappa shape index (κ1) is 14.8. The number of nitrogens with zero attached hydrogens (tertiary/aromatic N) is 3. The predicted octanol–water partition coefficient (Wildman–Crippen LogP) is 4.39. The van der Waals surface area contributed by atoms with Gasteiger partial charge in [0.05, 0.1) is 13.6 Å². The molecule has 1 heterocycles. The molecule has 0 N–H and O–H groups in total. The lowest BCUT2D eigenvalue weighted by Gasteiger charge is -2.15. The molecule has 0 bridgehead atoms. The van der Waals surface area contributed by atoms with Crippen LogP contribution in [0.1, 0.15) is 18.9 Å². The maximum atomic E-state index is 14.0. The first-order valence-corrected chi connectivity index (χ1v) is 12.0. The predicted molar refractivity (Wildman–Crippen MR) is 87.8 cm³/mol. The van der Waals surface area contributed by atoms with Gasteiger partial charge in [-0.3, -0.25) is 4.57 Å². The SMILES string of the molecule is C[Si](C)(C)CSc1nnc(-c2ccccc2F)n1C1CC1. The zero-order chi connectivity index (χ0) is 15.0. The molecule has 0 atom stereocenters. The van der Waals surface area contributed by atoms with Gasteiger partial charge in [-0.25, -0.2) is 4.39 Å². The third-order valence-corrected chi connectivity index (χ3v) is 7.90. The van der Waals surface area contributed by atoms with Crippen molar-refractivity contribution < 1.29 is 4.39 Å². The van der Waals surface area contributed by atoms with Gasteiger partial charge in [-0.15, -0.1) is 10.2 Å². The summed E-state index contributed by atoms with van der Waals surface area (Å²) >= 11 is 1.77. The van der Waals surface area contributed by atoms with Crippen molar-refractivity contribution >= 4 is 19.8 Å². The summed E-state index contributed by atoms with van der Waals surface area (Å²) in [7, 11) is -1.15. The zero-order valence-electron chi connectivity index (χ0n) is 12.6. The molecule has 1 aromatic carbocycles. The second-order valence-corrected chi connectivity index (χ2v) is 13.7. The van der Waals surface area contributed by atoms with Gasteiger partial charge >= 0.3 is 0 Å². The monoisotopic (exact) mass is 321 g/mol. The molecule has 0 unspecified atom stereocenters. The Morgan fingerprint density at radius 1 is 1.24 bits per heavy atom. The smallest absolute Gasteiger partial charge is 0.191 e. The van der Waals surface area contributed by atoms with E-state index in [1.807, 2.05) is 6.07 Å². The van der Waals surface area contributed by atoms with Gasteiger partial charge in [0.15, 0.2) is 11.0 Å². The van der Waals surface area contributed by atoms with E-state index >= 15 is 0 Å². The van der Waals surface area contributed by atoms with E-state index in [-0.39, 0.29) is 5.82 Å². The Morgan fingerprint density at radius 3 is 2.57 bits per heavy atom. The molecule has 2 aromatic rings. The minimum absolute atomic E-state index is 0.228. The van der Waals surface area contributed by atoms with Crippen molar-refractivity contribution in [1.29, 1.82) is 0 Å². The van der Waals surface area contributed by atoms with Crippen LogP contribution in [0.5, 0.6) is 0 Å². The average molecular weight is 321 g/mol. The van der Waals surface area contributed by atoms with Crippen LogP contribution < -0.4 is 0 Å². The second kappa shape index (κ2) is 5.57. The molecule has 0 amide bonds. The standard InChI is InChI=1S/C15H20FN3SSi/c1-21(2,3)10-20-15-18-17-14(19(15)11-8-9-11)12-6-4-5-7-13(12)16/h4-7,11H,8-10H2,1-3H3. The van der Waals surface area contributed by atoms with Crippen LogP contribution in [-0.2, 0) is 0 Å². The van der Waals surface area contributed by atoms with Crippen LogP contribution in [0.25, 0.3) is 11.4 Å². The molecule has 0 spiro atoms. The van der Waals surface area contributed by atoms with Crippen molar-refractivity contribution in [2.45, 2.75) is 43.7 Å². The van der Waals surface area contributed by atoms with Crippen LogP contribution in [0, 0.1) is 5.82 Å². The van der Waals surface area contributed by atoms with Crippen molar-refractivity contribution in [3.63, 3.8) is 0 Å². The van der Waals surface area contributed by atoms with E-state index in [0.29, 0.717) is 17.4 Å². The number of thioether (sulfide) groups is 1. The fourth-order valence-electron chi connectivity index (χ4n) is 2.14. The fraction of sp³-hybridized carbons (Fsp3) is 0.467. The normalized spacial score (nSPS) is 15.4. The van der Waals surface area contributed by atoms with E-state index in [2.05, 4.69) is 34.4 Å². The lowest BCUT2D eigenvalue weighted by molar-refractivity contribution is 0.622. The summed E-state index contributed by atoms with van der Waals surface area (Å²) in [6.07, 6.45) is 2.28. The Morgan fingerprint density at radius 2 is 1.95 bits per heavy atom. The first-order chi connectivity index (χ1) is 9.96. The van der Waals surface area contributed by atoms with Gasteiger partial charge in [0.25, 0.3) is 0 Å². The average Bonchev–Trinajstić information content (AvgIpc) is 3.16. The van der Waals surface area contributed by atoms with Gasteiger partial charge in [-0.05, 0) is 30.4 Å². The molecule has 1 aliphatic rings. The van der Waals surface area contributed by atoms with Gasteiger partial charge in [0.1, 0.15) is 5.82 Å². The van der Waals surface area contributed by atoms with E-state index in [1.165, 1.54) is 6.07 Å². The zero-order valence-corrected chi connectivity index (χ0v) is 14.5. The third kappa shape index (κ3) is 3.37. The third-order valence-electron chi connectivity index (χ3n) is 3.33. The number of rotatable bonds is 5. The van der Waals surface area contributed by atoms with E-state index < -0.39 is 8.07 Å². The fourth-order valence-corrected chi connectivity index (χ4v) is 4.87. The van der Waals surface area contributed by atoms with Crippen molar-refractivity contribution in [3.05, 3.63) is 30.1 Å². The molecule has 0 aliphatic heterocycles. The molecule has 3 nitrogen and oxygen atoms in total. The van der Waals surface area contributed by atoms with Crippen molar-refractivity contribution in [2.24, 2.45) is 0 Å². The van der Waals surface area contributed by atoms with E-state index in [1.54, 1.807) is 23.9 Å². The highest BCUT2D eigenvalue weighted by molar-refractivity contribution is 8.00. The summed E-state index contributed by atoms with van der Waals surface area (Å²) in [5, 5.41) is 10.7. The first-order valence-electron chi connectivity index (χ1n) is 7.28. The molecule has 1 fully saturated rings. The Bertz CT molecular complexity index is 647. The summed E-state index contributed by atoms with van der Waals surface area (Å²) in [6.45, 7) is 7.03. The highest BCUT2D eigenvalue weighted by Gasteiger charge is 2.31. The number of hydrogen-bond donors (Lipinski definition) is 0. The summed E-state index contributed by atoms with van der Waals surface area (Å²) < 4.78 is 16.2. The summed E-state index contributed by atoms with van der Waals surface area (Å²) in [6, 6.07) is 7.26. The summed E-state index contributed by atoms with van der Waals surface area (Å²) in [4.78, 5) is 0. The van der Waals surface area contributed by atoms with Crippen molar-refractivity contribution in [2.75, 3.05) is 5.38 Å². The van der Waals surface area contributed by atoms with Gasteiger partial charge in [-0.1, -0.05) is 43.5 Å². The van der Waals surface area contributed by atoms with Crippen LogP contribution in [0.2, 0.25) is 19.6 Å². The highest BCUT2D eigenvalue weighted by atomic mass is 32.2. The maximum Gasteiger partial charge on any atom is 0.191 e. The van der Waals surface area contributed by atoms with E-state index in [9.17, 15) is 4.39 Å². The quantitative estimate of drug-likeness (QED) is 0.604. The molecule has 6 heteroatoms. The molecule has 21 heavy (non-hydrogen) atoms. The summed E-state index contributed by atoms with van der Waals surface area (Å²) in [5.41, 5.74) is 0.553. The molecule has 1 saturated carbocycles. The Labute approximate surface area is 130 Å². The van der Waals surface area contributed by atoms with Crippen LogP contribution in [0.3, 0.4) is 0 Å². The van der Waals surface area contributed by atoms with Crippen LogP contribution in [-0.4, -0.2) is 28.2 Å². The maximum absolute atomic E-state index is 14.0. The van der Waals surface area contributed by atoms with Crippen LogP contribution >= 0.6 is 11.8 Å². The van der Waals surface area contributed by atoms with Gasteiger partial charge in [0, 0.05) is 6.04 Å². The van der Waals surface area contributed by atoms with E-state index in [0.717, 1.165) is 23.4 Å². The van der Waals surface area contributed by atoms with Crippen molar-refractivity contribution in [1.82, 2.24) is 14.8 Å². The van der Waals surface area contributed by atoms with Crippen LogP contribution in [0.15, 0.2) is 29.4 Å². The molecular weight excluding hydrogens is 301 g/mol. The Balaban J connectivity index is 1.95. The number of hydrogen-bond acceptors (Lipinski definition) is 3. The molecule has 1 aliphatic carbocycles. The lowest BCUT2D eigenvalue weighted by atomic mass is 10.2. The Hall–Kier alpha value is -1.14. The van der Waals surface area contributed by atoms with Crippen molar-refractivity contribution in [3.8, 4) is 11.4 Å². The van der Waals surface area contributed by atoms with E-state index in [4.69, 9.17) is 0 Å². The van der Waals surface area contributed by atoms with Gasteiger partial charge < -0.3 is 0 Å². The Kier molecular flexibility index (Phi) is 3.92. The topological polar surface area (TPSA) is 30.7 Å². The molecule has 3 rings (SSSR count). The van der Waals surface area contributed by atoms with Crippen LogP contribution in [0.4, 0.5) is 4.39 Å². The molecule has 0 radical (unpaired) electrons. The molecule has 1 aromatic heterocycles. The number of halogens is 1. The van der Waals surface area contributed by atoms with Gasteiger partial charge in [-0.2, -0.15) is 0 Å². The lowest BCUT2D eigenvalue weighted by Crippen LogP contribution is -2.24. The number of aromatic nitrogens is 3. The molecule has 112 valence electrons. The minimum atomic E-state index is -1.15. The largest absolute Gasteiger partial charge is 0.299 e. The number of benzene rings is 1. The molecular formula is C15H20FN3SSi. The molecule has 0 saturated heterocycles.